The molecule has 0 bridgehead atoms. The minimum atomic E-state index is -0.670. The van der Waals surface area contributed by atoms with Crippen molar-refractivity contribution >= 4 is 17.1 Å². The number of nitrogens with zero attached hydrogens (tertiary/aromatic N) is 1. The summed E-state index contributed by atoms with van der Waals surface area (Å²) in [6, 6.07) is 90.9. The van der Waals surface area contributed by atoms with E-state index in [9.17, 15) is 0 Å². The van der Waals surface area contributed by atoms with Gasteiger partial charge in [-0.2, -0.15) is 0 Å². The molecule has 0 fully saturated rings. The molecule has 69 heavy (non-hydrogen) atoms. The zero-order chi connectivity index (χ0) is 46.9. The van der Waals surface area contributed by atoms with Crippen molar-refractivity contribution in [2.75, 3.05) is 4.90 Å². The van der Waals surface area contributed by atoms with Crippen LogP contribution in [0.2, 0.25) is 0 Å². The molecule has 12 rings (SSSR count). The predicted octanol–water partition coefficient (Wildman–Crippen LogP) is 18.1. The van der Waals surface area contributed by atoms with E-state index in [4.69, 9.17) is 0 Å². The van der Waals surface area contributed by atoms with Gasteiger partial charge in [-0.15, -0.1) is 0 Å². The van der Waals surface area contributed by atoms with E-state index >= 15 is 0 Å². The quantitative estimate of drug-likeness (QED) is 0.147. The lowest BCUT2D eigenvalue weighted by Crippen LogP contribution is -2.29. The van der Waals surface area contributed by atoms with E-state index < -0.39 is 5.41 Å². The van der Waals surface area contributed by atoms with Crippen LogP contribution in [-0.4, -0.2) is 0 Å². The molecule has 2 aliphatic rings. The number of hydrogen-bond donors (Lipinski definition) is 0. The van der Waals surface area contributed by atoms with Gasteiger partial charge >= 0.3 is 0 Å². The molecule has 0 aromatic heterocycles. The van der Waals surface area contributed by atoms with Crippen molar-refractivity contribution in [2.45, 2.75) is 50.9 Å². The molecule has 0 saturated carbocycles. The molecule has 1 nitrogen and oxygen atoms in total. The number of anilines is 3. The molecule has 0 N–H and O–H groups in total. The molecule has 0 radical (unpaired) electrons. The van der Waals surface area contributed by atoms with Gasteiger partial charge in [0.25, 0.3) is 0 Å². The van der Waals surface area contributed by atoms with Crippen LogP contribution < -0.4 is 4.90 Å². The molecule has 0 unspecified atom stereocenters. The maximum Gasteiger partial charge on any atom is 0.0714 e. The molecule has 2 aliphatic carbocycles. The number of para-hydroxylation sites is 1. The largest absolute Gasteiger partial charge is 0.310 e. The Morgan fingerprint density at radius 1 is 0.333 bits per heavy atom. The van der Waals surface area contributed by atoms with Crippen molar-refractivity contribution < 1.29 is 0 Å². The maximum absolute atomic E-state index is 2.53. The van der Waals surface area contributed by atoms with E-state index in [1.54, 1.807) is 0 Å². The molecule has 0 atom stereocenters. The summed E-state index contributed by atoms with van der Waals surface area (Å²) in [5, 5.41) is 0. The standard InChI is InChI=1S/C68H55N/c1-66(2,3)52-32-22-27-48(41-52)59-42-49(46-23-10-6-11-24-46)43-63-65(59)58-40-38-54(45-62(58)68(63,50-28-14-8-15-29-50)51-30-16-9-17-31-51)69(64-36-21-19-33-55(64)47-25-12-7-13-26-47)53-37-39-57-56-34-18-20-35-60(56)67(4,5)61(57)44-53/h6-45H,1-5H3. The summed E-state index contributed by atoms with van der Waals surface area (Å²) in [6.45, 7) is 11.7. The van der Waals surface area contributed by atoms with Crippen LogP contribution in [0.15, 0.2) is 243 Å². The summed E-state index contributed by atoms with van der Waals surface area (Å²) < 4.78 is 0. The fourth-order valence-electron chi connectivity index (χ4n) is 11.7. The first-order valence-corrected chi connectivity index (χ1v) is 24.4. The van der Waals surface area contributed by atoms with Crippen molar-refractivity contribution in [3.8, 4) is 55.6 Å². The highest BCUT2D eigenvalue weighted by atomic mass is 15.1. The van der Waals surface area contributed by atoms with Crippen molar-refractivity contribution in [3.63, 3.8) is 0 Å². The Morgan fingerprint density at radius 3 is 1.51 bits per heavy atom. The molecule has 332 valence electrons. The van der Waals surface area contributed by atoms with E-state index in [0.29, 0.717) is 0 Å². The first kappa shape index (κ1) is 42.4. The van der Waals surface area contributed by atoms with Crippen molar-refractivity contribution in [2.24, 2.45) is 0 Å². The minimum absolute atomic E-state index is 0.0179. The van der Waals surface area contributed by atoms with Crippen LogP contribution in [-0.2, 0) is 16.2 Å². The molecule has 0 heterocycles. The average Bonchev–Trinajstić information content (AvgIpc) is 3.82. The summed E-state index contributed by atoms with van der Waals surface area (Å²) in [5.74, 6) is 0. The van der Waals surface area contributed by atoms with Crippen LogP contribution in [0, 0.1) is 0 Å². The third kappa shape index (κ3) is 6.82. The van der Waals surface area contributed by atoms with E-state index in [1.807, 2.05) is 0 Å². The molecule has 0 saturated heterocycles. The number of hydrogen-bond acceptors (Lipinski definition) is 1. The van der Waals surface area contributed by atoms with Gasteiger partial charge in [0.2, 0.25) is 0 Å². The number of benzene rings is 10. The fourth-order valence-corrected chi connectivity index (χ4v) is 11.7. The highest BCUT2D eigenvalue weighted by molar-refractivity contribution is 6.00. The third-order valence-corrected chi connectivity index (χ3v) is 15.1. The summed E-state index contributed by atoms with van der Waals surface area (Å²) in [6.07, 6.45) is 0. The first-order valence-electron chi connectivity index (χ1n) is 24.4. The Bertz CT molecular complexity index is 3500. The smallest absolute Gasteiger partial charge is 0.0714 e. The van der Waals surface area contributed by atoms with Crippen LogP contribution in [0.3, 0.4) is 0 Å². The lowest BCUT2D eigenvalue weighted by molar-refractivity contribution is 0.590. The molecule has 10 aromatic carbocycles. The second-order valence-corrected chi connectivity index (χ2v) is 20.5. The van der Waals surface area contributed by atoms with Gasteiger partial charge in [0.15, 0.2) is 0 Å². The molecular formula is C68H55N. The van der Waals surface area contributed by atoms with Gasteiger partial charge in [-0.3, -0.25) is 0 Å². The van der Waals surface area contributed by atoms with Crippen molar-refractivity contribution in [3.05, 3.63) is 282 Å². The normalized spacial score (nSPS) is 13.8. The monoisotopic (exact) mass is 885 g/mol. The second-order valence-electron chi connectivity index (χ2n) is 20.5. The topological polar surface area (TPSA) is 3.24 Å². The highest BCUT2D eigenvalue weighted by Crippen LogP contribution is 2.61. The van der Waals surface area contributed by atoms with Gasteiger partial charge in [-0.1, -0.05) is 235 Å². The van der Waals surface area contributed by atoms with Crippen LogP contribution in [0.1, 0.15) is 73.6 Å². The summed E-state index contributed by atoms with van der Waals surface area (Å²) >= 11 is 0. The Kier molecular flexibility index (Phi) is 10.0. The Balaban J connectivity index is 1.18. The lowest BCUT2D eigenvalue weighted by Gasteiger charge is -2.35. The minimum Gasteiger partial charge on any atom is -0.310 e. The maximum atomic E-state index is 2.53. The van der Waals surface area contributed by atoms with Gasteiger partial charge < -0.3 is 4.90 Å². The zero-order valence-corrected chi connectivity index (χ0v) is 40.0. The number of fused-ring (bicyclic) bond motifs is 6. The van der Waals surface area contributed by atoms with E-state index in [-0.39, 0.29) is 10.8 Å². The first-order chi connectivity index (χ1) is 33.6. The molecule has 0 aliphatic heterocycles. The van der Waals surface area contributed by atoms with E-state index in [2.05, 4.69) is 282 Å². The third-order valence-electron chi connectivity index (χ3n) is 15.1. The van der Waals surface area contributed by atoms with Gasteiger partial charge in [0.1, 0.15) is 0 Å². The van der Waals surface area contributed by atoms with Crippen LogP contribution in [0.5, 0.6) is 0 Å². The molecule has 0 amide bonds. The van der Waals surface area contributed by atoms with Gasteiger partial charge in [0.05, 0.1) is 11.1 Å². The Morgan fingerprint density at radius 2 is 0.855 bits per heavy atom. The SMILES string of the molecule is CC(C)(C)c1cccc(-c2cc(-c3ccccc3)cc3c2-c2ccc(N(c4ccc5c(c4)C(C)(C)c4ccccc4-5)c4ccccc4-c4ccccc4)cc2C3(c2ccccc2)c2ccccc2)c1. The zero-order valence-electron chi connectivity index (χ0n) is 40.0. The highest BCUT2D eigenvalue weighted by Gasteiger charge is 2.48. The van der Waals surface area contributed by atoms with Crippen LogP contribution >= 0.6 is 0 Å². The Hall–Kier alpha value is -8.00. The summed E-state index contributed by atoms with van der Waals surface area (Å²) in [5.41, 5.74) is 24.0. The average molecular weight is 886 g/mol. The Labute approximate surface area is 408 Å². The van der Waals surface area contributed by atoms with Crippen LogP contribution in [0.25, 0.3) is 55.6 Å². The van der Waals surface area contributed by atoms with Gasteiger partial charge in [0, 0.05) is 22.4 Å². The molecule has 0 spiro atoms. The fraction of sp³-hybridized carbons (Fsp3) is 0.118. The summed E-state index contributed by atoms with van der Waals surface area (Å²) in [4.78, 5) is 2.52. The van der Waals surface area contributed by atoms with Gasteiger partial charge in [-0.05, 0) is 137 Å². The molecule has 10 aromatic rings. The predicted molar refractivity (Wildman–Crippen MR) is 291 cm³/mol. The molecular weight excluding hydrogens is 831 g/mol. The van der Waals surface area contributed by atoms with E-state index in [1.165, 1.54) is 94.6 Å². The molecule has 1 heteroatoms. The van der Waals surface area contributed by atoms with Crippen LogP contribution in [0.4, 0.5) is 17.1 Å². The van der Waals surface area contributed by atoms with E-state index in [0.717, 1.165) is 17.1 Å². The second kappa shape index (κ2) is 16.4. The van der Waals surface area contributed by atoms with Crippen molar-refractivity contribution in [1.29, 1.82) is 0 Å². The van der Waals surface area contributed by atoms with Crippen molar-refractivity contribution in [1.82, 2.24) is 0 Å². The summed E-state index contributed by atoms with van der Waals surface area (Å²) in [7, 11) is 0. The van der Waals surface area contributed by atoms with Gasteiger partial charge in [-0.25, -0.2) is 0 Å². The lowest BCUT2D eigenvalue weighted by atomic mass is 9.67. The number of rotatable bonds is 8.